The third-order valence-corrected chi connectivity index (χ3v) is 3.46. The minimum absolute atomic E-state index is 0.0410. The van der Waals surface area contributed by atoms with Crippen molar-refractivity contribution in [1.29, 1.82) is 0 Å². The third kappa shape index (κ3) is 5.24. The molecule has 0 saturated heterocycles. The van der Waals surface area contributed by atoms with Crippen molar-refractivity contribution in [3.8, 4) is 0 Å². The molecule has 0 aromatic heterocycles. The van der Waals surface area contributed by atoms with Crippen LogP contribution in [-0.4, -0.2) is 11.4 Å². The molecular weight excluding hydrogens is 329 g/mol. The molecule has 0 spiro atoms. The summed E-state index contributed by atoms with van der Waals surface area (Å²) < 4.78 is 38.3. The lowest BCUT2D eigenvalue weighted by Gasteiger charge is -2.24. The van der Waals surface area contributed by atoms with E-state index < -0.39 is 17.6 Å². The first-order chi connectivity index (χ1) is 11.5. The van der Waals surface area contributed by atoms with Crippen molar-refractivity contribution >= 4 is 17.3 Å². The van der Waals surface area contributed by atoms with Crippen LogP contribution in [0.2, 0.25) is 0 Å². The normalized spacial score (nSPS) is 12.0. The highest BCUT2D eigenvalue weighted by Crippen LogP contribution is 2.30. The van der Waals surface area contributed by atoms with Gasteiger partial charge < -0.3 is 10.6 Å². The zero-order valence-electron chi connectivity index (χ0n) is 14.6. The fourth-order valence-corrected chi connectivity index (χ4v) is 2.28. The molecular formula is C19H21F3N2O. The summed E-state index contributed by atoms with van der Waals surface area (Å²) in [6.45, 7) is 7.98. The van der Waals surface area contributed by atoms with Gasteiger partial charge in [-0.3, -0.25) is 4.79 Å². The van der Waals surface area contributed by atoms with Crippen LogP contribution in [0.1, 0.15) is 42.3 Å². The first-order valence-corrected chi connectivity index (χ1v) is 7.83. The second kappa shape index (κ2) is 6.78. The molecule has 0 aliphatic heterocycles. The molecule has 0 aliphatic carbocycles. The van der Waals surface area contributed by atoms with Crippen molar-refractivity contribution in [3.63, 3.8) is 0 Å². The Bertz CT molecular complexity index is 777. The average Bonchev–Trinajstić information content (AvgIpc) is 2.48. The minimum Gasteiger partial charge on any atom is -0.380 e. The number of amides is 1. The van der Waals surface area contributed by atoms with Gasteiger partial charge in [0.05, 0.1) is 5.56 Å². The predicted molar refractivity (Wildman–Crippen MR) is 94.0 cm³/mol. The Kier molecular flexibility index (Phi) is 5.11. The van der Waals surface area contributed by atoms with Crippen LogP contribution in [0.3, 0.4) is 0 Å². The first kappa shape index (κ1) is 18.8. The van der Waals surface area contributed by atoms with E-state index in [4.69, 9.17) is 0 Å². The summed E-state index contributed by atoms with van der Waals surface area (Å²) in [7, 11) is 0. The maximum absolute atomic E-state index is 12.8. The number of halogens is 3. The van der Waals surface area contributed by atoms with Gasteiger partial charge in [0.2, 0.25) is 0 Å². The van der Waals surface area contributed by atoms with Crippen LogP contribution >= 0.6 is 0 Å². The molecule has 0 bridgehead atoms. The van der Waals surface area contributed by atoms with Crippen LogP contribution in [0.25, 0.3) is 0 Å². The number of anilines is 2. The highest BCUT2D eigenvalue weighted by molar-refractivity contribution is 6.04. The fourth-order valence-electron chi connectivity index (χ4n) is 2.28. The molecule has 134 valence electrons. The van der Waals surface area contributed by atoms with Gasteiger partial charge in [0.25, 0.3) is 5.91 Å². The number of nitrogens with one attached hydrogen (secondary N) is 2. The number of alkyl halides is 3. The van der Waals surface area contributed by atoms with E-state index in [0.29, 0.717) is 5.69 Å². The molecule has 25 heavy (non-hydrogen) atoms. The molecule has 0 saturated carbocycles. The summed E-state index contributed by atoms with van der Waals surface area (Å²) in [5.74, 6) is -0.586. The molecule has 2 rings (SSSR count). The van der Waals surface area contributed by atoms with E-state index in [1.165, 1.54) is 12.1 Å². The molecule has 0 unspecified atom stereocenters. The highest BCUT2D eigenvalue weighted by Gasteiger charge is 2.30. The van der Waals surface area contributed by atoms with E-state index in [2.05, 4.69) is 10.6 Å². The zero-order chi connectivity index (χ0) is 18.8. The summed E-state index contributed by atoms with van der Waals surface area (Å²) in [5, 5.41) is 5.98. The summed E-state index contributed by atoms with van der Waals surface area (Å²) in [4.78, 5) is 12.3. The lowest BCUT2D eigenvalue weighted by atomic mass is 10.1. The summed E-state index contributed by atoms with van der Waals surface area (Å²) in [6, 6.07) is 9.69. The Morgan fingerprint density at radius 3 is 2.28 bits per heavy atom. The van der Waals surface area contributed by atoms with Gasteiger partial charge in [-0.15, -0.1) is 0 Å². The predicted octanol–water partition coefficient (Wildman–Crippen LogP) is 5.48. The summed E-state index contributed by atoms with van der Waals surface area (Å²) in [6.07, 6.45) is -4.48. The van der Waals surface area contributed by atoms with E-state index >= 15 is 0 Å². The molecule has 2 aromatic rings. The Labute approximate surface area is 145 Å². The number of rotatable bonds is 3. The molecule has 0 fully saturated rings. The van der Waals surface area contributed by atoms with Crippen LogP contribution in [0.15, 0.2) is 42.5 Å². The van der Waals surface area contributed by atoms with Crippen molar-refractivity contribution in [2.75, 3.05) is 10.6 Å². The Morgan fingerprint density at radius 1 is 1.00 bits per heavy atom. The zero-order valence-corrected chi connectivity index (χ0v) is 14.6. The van der Waals surface area contributed by atoms with Gasteiger partial charge in [0, 0.05) is 22.5 Å². The first-order valence-electron chi connectivity index (χ1n) is 7.83. The maximum Gasteiger partial charge on any atom is 0.416 e. The standard InChI is InChI=1S/C19H21F3N2O/c1-12-8-9-15(11-16(12)24-18(2,3)4)23-17(25)13-6-5-7-14(10-13)19(20,21)22/h5-11,24H,1-4H3,(H,23,25). The number of hydrogen-bond donors (Lipinski definition) is 2. The monoisotopic (exact) mass is 350 g/mol. The number of carbonyl (C=O) groups is 1. The van der Waals surface area contributed by atoms with Crippen molar-refractivity contribution in [1.82, 2.24) is 0 Å². The minimum atomic E-state index is -4.48. The quantitative estimate of drug-likeness (QED) is 0.770. The molecule has 0 radical (unpaired) electrons. The molecule has 0 atom stereocenters. The van der Waals surface area contributed by atoms with Gasteiger partial charge in [-0.1, -0.05) is 12.1 Å². The van der Waals surface area contributed by atoms with E-state index in [1.807, 2.05) is 33.8 Å². The fraction of sp³-hybridized carbons (Fsp3) is 0.316. The molecule has 2 N–H and O–H groups in total. The van der Waals surface area contributed by atoms with Gasteiger partial charge in [0.1, 0.15) is 0 Å². The number of hydrogen-bond acceptors (Lipinski definition) is 2. The molecule has 6 heteroatoms. The Hall–Kier alpha value is -2.50. The van der Waals surface area contributed by atoms with Crippen LogP contribution in [-0.2, 0) is 6.18 Å². The van der Waals surface area contributed by atoms with Gasteiger partial charge in [-0.25, -0.2) is 0 Å². The van der Waals surface area contributed by atoms with Crippen LogP contribution < -0.4 is 10.6 Å². The maximum atomic E-state index is 12.8. The molecule has 1 amide bonds. The molecule has 2 aromatic carbocycles. The van der Waals surface area contributed by atoms with Crippen molar-refractivity contribution < 1.29 is 18.0 Å². The van der Waals surface area contributed by atoms with Crippen LogP contribution in [0.4, 0.5) is 24.5 Å². The molecule has 3 nitrogen and oxygen atoms in total. The highest BCUT2D eigenvalue weighted by atomic mass is 19.4. The Balaban J connectivity index is 2.22. The average molecular weight is 350 g/mol. The number of aryl methyl sites for hydroxylation is 1. The van der Waals surface area contributed by atoms with Crippen LogP contribution in [0, 0.1) is 6.92 Å². The van der Waals surface area contributed by atoms with Gasteiger partial charge in [0.15, 0.2) is 0 Å². The number of benzene rings is 2. The third-order valence-electron chi connectivity index (χ3n) is 3.46. The van der Waals surface area contributed by atoms with Crippen molar-refractivity contribution in [3.05, 3.63) is 59.2 Å². The van der Waals surface area contributed by atoms with E-state index in [-0.39, 0.29) is 11.1 Å². The largest absolute Gasteiger partial charge is 0.416 e. The van der Waals surface area contributed by atoms with E-state index in [1.54, 1.807) is 12.1 Å². The topological polar surface area (TPSA) is 41.1 Å². The summed E-state index contributed by atoms with van der Waals surface area (Å²) in [5.41, 5.74) is 1.33. The second-order valence-electron chi connectivity index (χ2n) is 6.94. The Morgan fingerprint density at radius 2 is 1.68 bits per heavy atom. The van der Waals surface area contributed by atoms with Crippen molar-refractivity contribution in [2.45, 2.75) is 39.4 Å². The van der Waals surface area contributed by atoms with Crippen LogP contribution in [0.5, 0.6) is 0 Å². The lowest BCUT2D eigenvalue weighted by molar-refractivity contribution is -0.137. The van der Waals surface area contributed by atoms with Crippen molar-refractivity contribution in [2.24, 2.45) is 0 Å². The van der Waals surface area contributed by atoms with E-state index in [0.717, 1.165) is 23.4 Å². The van der Waals surface area contributed by atoms with Gasteiger partial charge in [-0.05, 0) is 63.6 Å². The van der Waals surface area contributed by atoms with Gasteiger partial charge in [-0.2, -0.15) is 13.2 Å². The SMILES string of the molecule is Cc1ccc(NC(=O)c2cccc(C(F)(F)F)c2)cc1NC(C)(C)C. The smallest absolute Gasteiger partial charge is 0.380 e. The molecule has 0 heterocycles. The second-order valence-corrected chi connectivity index (χ2v) is 6.94. The van der Waals surface area contributed by atoms with Gasteiger partial charge >= 0.3 is 6.18 Å². The summed E-state index contributed by atoms with van der Waals surface area (Å²) >= 11 is 0. The molecule has 0 aliphatic rings. The number of carbonyl (C=O) groups excluding carboxylic acids is 1. The lowest BCUT2D eigenvalue weighted by Crippen LogP contribution is -2.26. The van der Waals surface area contributed by atoms with E-state index in [9.17, 15) is 18.0 Å².